The minimum atomic E-state index is -0.533. The summed E-state index contributed by atoms with van der Waals surface area (Å²) in [7, 11) is 1.50. The molecule has 0 bridgehead atoms. The summed E-state index contributed by atoms with van der Waals surface area (Å²) in [6.45, 7) is 0.234. The van der Waals surface area contributed by atoms with Gasteiger partial charge in [0.05, 0.1) is 18.3 Å². The van der Waals surface area contributed by atoms with Gasteiger partial charge in [-0.05, 0) is 65.7 Å². The molecule has 1 N–H and O–H groups in total. The zero-order valence-corrected chi connectivity index (χ0v) is 18.3. The van der Waals surface area contributed by atoms with Gasteiger partial charge in [-0.1, -0.05) is 24.3 Å². The number of nitrogens with one attached hydrogen (secondary N) is 1. The molecule has 0 aliphatic heterocycles. The lowest BCUT2D eigenvalue weighted by Crippen LogP contribution is -2.13. The SMILES string of the molecule is COc1cc(C=C(C#N)C(=O)Nc2cccc3ncccc23)ccc1OCc1ccc(F)cc1. The number of hydrogen-bond donors (Lipinski definition) is 1. The van der Waals surface area contributed by atoms with Gasteiger partial charge in [-0.25, -0.2) is 4.39 Å². The Morgan fingerprint density at radius 2 is 1.91 bits per heavy atom. The highest BCUT2D eigenvalue weighted by atomic mass is 19.1. The lowest BCUT2D eigenvalue weighted by atomic mass is 10.1. The Morgan fingerprint density at radius 1 is 1.09 bits per heavy atom. The van der Waals surface area contributed by atoms with Crippen LogP contribution in [0.25, 0.3) is 17.0 Å². The predicted octanol–water partition coefficient (Wildman–Crippen LogP) is 5.51. The quantitative estimate of drug-likeness (QED) is 0.295. The number of pyridine rings is 1. The van der Waals surface area contributed by atoms with Crippen molar-refractivity contribution >= 4 is 28.6 Å². The first-order chi connectivity index (χ1) is 16.6. The van der Waals surface area contributed by atoms with Gasteiger partial charge in [0.25, 0.3) is 5.91 Å². The third-order valence-corrected chi connectivity index (χ3v) is 5.07. The van der Waals surface area contributed by atoms with E-state index in [9.17, 15) is 14.4 Å². The molecular weight excluding hydrogens is 433 g/mol. The average molecular weight is 453 g/mol. The van der Waals surface area contributed by atoms with Crippen LogP contribution in [0.15, 0.2) is 84.6 Å². The Balaban J connectivity index is 1.52. The second-order valence-corrected chi connectivity index (χ2v) is 7.33. The molecule has 0 atom stereocenters. The first-order valence-corrected chi connectivity index (χ1v) is 10.4. The number of carbonyl (C=O) groups is 1. The monoisotopic (exact) mass is 453 g/mol. The van der Waals surface area contributed by atoms with Gasteiger partial charge < -0.3 is 14.8 Å². The van der Waals surface area contributed by atoms with Crippen molar-refractivity contribution in [2.24, 2.45) is 0 Å². The smallest absolute Gasteiger partial charge is 0.266 e. The number of fused-ring (bicyclic) bond motifs is 1. The lowest BCUT2D eigenvalue weighted by molar-refractivity contribution is -0.112. The molecule has 168 valence electrons. The van der Waals surface area contributed by atoms with Crippen molar-refractivity contribution in [2.45, 2.75) is 6.61 Å². The first-order valence-electron chi connectivity index (χ1n) is 10.4. The molecule has 0 saturated carbocycles. The minimum absolute atomic E-state index is 0.0667. The maximum absolute atomic E-state index is 13.1. The van der Waals surface area contributed by atoms with Crippen LogP contribution in [0.1, 0.15) is 11.1 Å². The lowest BCUT2D eigenvalue weighted by Gasteiger charge is -2.12. The fourth-order valence-electron chi connectivity index (χ4n) is 3.35. The van der Waals surface area contributed by atoms with Crippen LogP contribution in [0.2, 0.25) is 0 Å². The number of nitriles is 1. The molecular formula is C27H20FN3O3. The van der Waals surface area contributed by atoms with E-state index in [2.05, 4.69) is 10.3 Å². The van der Waals surface area contributed by atoms with E-state index in [0.29, 0.717) is 22.7 Å². The highest BCUT2D eigenvalue weighted by Crippen LogP contribution is 2.30. The number of hydrogen-bond acceptors (Lipinski definition) is 5. The zero-order chi connectivity index (χ0) is 23.9. The number of benzene rings is 3. The van der Waals surface area contributed by atoms with E-state index in [0.717, 1.165) is 16.5 Å². The molecule has 7 heteroatoms. The molecule has 6 nitrogen and oxygen atoms in total. The molecule has 34 heavy (non-hydrogen) atoms. The highest BCUT2D eigenvalue weighted by Gasteiger charge is 2.13. The van der Waals surface area contributed by atoms with Gasteiger partial charge in [-0.3, -0.25) is 9.78 Å². The average Bonchev–Trinajstić information content (AvgIpc) is 2.87. The van der Waals surface area contributed by atoms with Crippen LogP contribution in [0.5, 0.6) is 11.5 Å². The number of amides is 1. The van der Waals surface area contributed by atoms with Crippen LogP contribution in [-0.4, -0.2) is 18.0 Å². The number of nitrogens with zero attached hydrogens (tertiary/aromatic N) is 2. The molecule has 0 aliphatic rings. The summed E-state index contributed by atoms with van der Waals surface area (Å²) < 4.78 is 24.3. The fraction of sp³-hybridized carbons (Fsp3) is 0.0741. The van der Waals surface area contributed by atoms with E-state index in [4.69, 9.17) is 9.47 Å². The summed E-state index contributed by atoms with van der Waals surface area (Å²) in [5, 5.41) is 13.1. The Bertz CT molecular complexity index is 1400. The third kappa shape index (κ3) is 5.19. The predicted molar refractivity (Wildman–Crippen MR) is 128 cm³/mol. The van der Waals surface area contributed by atoms with Crippen molar-refractivity contribution in [3.63, 3.8) is 0 Å². The first kappa shape index (κ1) is 22.5. The largest absolute Gasteiger partial charge is 0.493 e. The van der Waals surface area contributed by atoms with Crippen molar-refractivity contribution in [3.05, 3.63) is 102 Å². The van der Waals surface area contributed by atoms with Gasteiger partial charge in [0.1, 0.15) is 24.1 Å². The van der Waals surface area contributed by atoms with Crippen LogP contribution in [0.4, 0.5) is 10.1 Å². The normalized spacial score (nSPS) is 11.0. The van der Waals surface area contributed by atoms with Gasteiger partial charge in [0, 0.05) is 11.6 Å². The van der Waals surface area contributed by atoms with Crippen LogP contribution >= 0.6 is 0 Å². The van der Waals surface area contributed by atoms with Gasteiger partial charge in [0.15, 0.2) is 11.5 Å². The Kier molecular flexibility index (Phi) is 6.80. The molecule has 0 aliphatic carbocycles. The fourth-order valence-corrected chi connectivity index (χ4v) is 3.35. The van der Waals surface area contributed by atoms with Crippen molar-refractivity contribution < 1.29 is 18.7 Å². The molecule has 4 rings (SSSR count). The number of halogens is 1. The van der Waals surface area contributed by atoms with E-state index < -0.39 is 5.91 Å². The van der Waals surface area contributed by atoms with Crippen molar-refractivity contribution in [1.29, 1.82) is 5.26 Å². The zero-order valence-electron chi connectivity index (χ0n) is 18.3. The maximum atomic E-state index is 13.1. The molecule has 4 aromatic rings. The molecule has 0 unspecified atom stereocenters. The molecule has 1 amide bonds. The van der Waals surface area contributed by atoms with E-state index in [1.165, 1.54) is 25.3 Å². The second kappa shape index (κ2) is 10.3. The second-order valence-electron chi connectivity index (χ2n) is 7.33. The molecule has 0 radical (unpaired) electrons. The Hall–Kier alpha value is -4.70. The summed E-state index contributed by atoms with van der Waals surface area (Å²) in [6.07, 6.45) is 3.15. The molecule has 3 aromatic carbocycles. The van der Waals surface area contributed by atoms with Crippen molar-refractivity contribution in [2.75, 3.05) is 12.4 Å². The molecule has 0 fully saturated rings. The van der Waals surface area contributed by atoms with Crippen LogP contribution in [0, 0.1) is 17.1 Å². The number of aromatic nitrogens is 1. The number of ether oxygens (including phenoxy) is 2. The van der Waals surface area contributed by atoms with Gasteiger partial charge >= 0.3 is 0 Å². The summed E-state index contributed by atoms with van der Waals surface area (Å²) in [6, 6.07) is 22.1. The Morgan fingerprint density at radius 3 is 2.68 bits per heavy atom. The van der Waals surface area contributed by atoms with Crippen molar-refractivity contribution in [1.82, 2.24) is 4.98 Å². The number of methoxy groups -OCH3 is 1. The van der Waals surface area contributed by atoms with Gasteiger partial charge in [0.2, 0.25) is 0 Å². The summed E-state index contributed by atoms with van der Waals surface area (Å²) in [5.74, 6) is 0.0743. The molecule has 0 saturated heterocycles. The van der Waals surface area contributed by atoms with E-state index in [-0.39, 0.29) is 18.0 Å². The van der Waals surface area contributed by atoms with E-state index in [1.54, 1.807) is 54.7 Å². The summed E-state index contributed by atoms with van der Waals surface area (Å²) in [5.41, 5.74) is 2.64. The molecule has 1 heterocycles. The minimum Gasteiger partial charge on any atom is -0.493 e. The van der Waals surface area contributed by atoms with Crippen LogP contribution < -0.4 is 14.8 Å². The van der Waals surface area contributed by atoms with E-state index in [1.807, 2.05) is 18.2 Å². The van der Waals surface area contributed by atoms with Gasteiger partial charge in [-0.2, -0.15) is 5.26 Å². The number of rotatable bonds is 7. The van der Waals surface area contributed by atoms with E-state index >= 15 is 0 Å². The maximum Gasteiger partial charge on any atom is 0.266 e. The highest BCUT2D eigenvalue weighted by molar-refractivity contribution is 6.12. The van der Waals surface area contributed by atoms with Crippen molar-refractivity contribution in [3.8, 4) is 17.6 Å². The standard InChI is InChI=1S/C27H20FN3O3/c1-33-26-15-19(9-12-25(26)34-17-18-7-10-21(28)11-8-18)14-20(16-29)27(32)31-24-6-2-5-23-22(24)4-3-13-30-23/h2-15H,17H2,1H3,(H,31,32). The summed E-state index contributed by atoms with van der Waals surface area (Å²) in [4.78, 5) is 17.1. The Labute approximate surface area is 195 Å². The number of anilines is 1. The molecule has 1 aromatic heterocycles. The summed E-state index contributed by atoms with van der Waals surface area (Å²) >= 11 is 0. The van der Waals surface area contributed by atoms with Crippen LogP contribution in [0.3, 0.4) is 0 Å². The van der Waals surface area contributed by atoms with Gasteiger partial charge in [-0.15, -0.1) is 0 Å². The number of carbonyl (C=O) groups excluding carboxylic acids is 1. The molecule has 0 spiro atoms. The third-order valence-electron chi connectivity index (χ3n) is 5.07. The topological polar surface area (TPSA) is 84.2 Å². The van der Waals surface area contributed by atoms with Crippen LogP contribution in [-0.2, 0) is 11.4 Å².